The predicted octanol–water partition coefficient (Wildman–Crippen LogP) is 2.78. The van der Waals surface area contributed by atoms with Crippen LogP contribution in [-0.4, -0.2) is 35.1 Å². The lowest BCUT2D eigenvalue weighted by atomic mass is 9.91. The Hall–Kier alpha value is -0.0800. The second-order valence-electron chi connectivity index (χ2n) is 6.59. The predicted molar refractivity (Wildman–Crippen MR) is 69.7 cm³/mol. The van der Waals surface area contributed by atoms with Gasteiger partial charge in [-0.05, 0) is 59.4 Å². The van der Waals surface area contributed by atoms with Crippen molar-refractivity contribution < 1.29 is 0 Å². The third-order valence-electron chi connectivity index (χ3n) is 4.19. The van der Waals surface area contributed by atoms with Crippen LogP contribution in [-0.2, 0) is 0 Å². The molecule has 2 atom stereocenters. The first-order chi connectivity index (χ1) is 7.52. The second kappa shape index (κ2) is 4.66. The second-order valence-corrected chi connectivity index (χ2v) is 6.59. The Labute approximate surface area is 101 Å². The van der Waals surface area contributed by atoms with Gasteiger partial charge in [0, 0.05) is 23.7 Å². The minimum absolute atomic E-state index is 0.363. The Balaban J connectivity index is 1.96. The highest BCUT2D eigenvalue weighted by atomic mass is 15.3. The summed E-state index contributed by atoms with van der Waals surface area (Å²) in [4.78, 5) is 2.79. The van der Waals surface area contributed by atoms with Gasteiger partial charge >= 0.3 is 0 Å². The molecule has 94 valence electrons. The minimum Gasteiger partial charge on any atom is -0.314 e. The highest BCUT2D eigenvalue weighted by Crippen LogP contribution is 2.40. The van der Waals surface area contributed by atoms with Gasteiger partial charge in [-0.1, -0.05) is 6.92 Å². The summed E-state index contributed by atoms with van der Waals surface area (Å²) in [6.07, 6.45) is 6.84. The first-order valence-corrected chi connectivity index (χ1v) is 7.04. The van der Waals surface area contributed by atoms with E-state index in [1.165, 1.54) is 38.6 Å². The van der Waals surface area contributed by atoms with E-state index in [0.717, 1.165) is 18.1 Å². The lowest BCUT2D eigenvalue weighted by Crippen LogP contribution is -2.56. The number of nitrogens with zero attached hydrogens (tertiary/aromatic N) is 1. The summed E-state index contributed by atoms with van der Waals surface area (Å²) >= 11 is 0. The van der Waals surface area contributed by atoms with E-state index in [1.807, 2.05) is 0 Å². The third-order valence-corrected chi connectivity index (χ3v) is 4.19. The molecule has 2 rings (SSSR count). The van der Waals surface area contributed by atoms with Gasteiger partial charge in [0.15, 0.2) is 0 Å². The van der Waals surface area contributed by atoms with E-state index >= 15 is 0 Å². The molecule has 0 spiro atoms. The van der Waals surface area contributed by atoms with Crippen LogP contribution >= 0.6 is 0 Å². The van der Waals surface area contributed by atoms with E-state index in [-0.39, 0.29) is 0 Å². The van der Waals surface area contributed by atoms with E-state index in [9.17, 15) is 0 Å². The normalized spacial score (nSPS) is 35.6. The minimum atomic E-state index is 0.363. The molecule has 16 heavy (non-hydrogen) atoms. The van der Waals surface area contributed by atoms with Gasteiger partial charge in [-0.25, -0.2) is 0 Å². The molecule has 2 heteroatoms. The zero-order valence-corrected chi connectivity index (χ0v) is 11.4. The fraction of sp³-hybridized carbons (Fsp3) is 1.00. The van der Waals surface area contributed by atoms with Crippen LogP contribution in [0.25, 0.3) is 0 Å². The molecule has 0 amide bonds. The zero-order valence-electron chi connectivity index (χ0n) is 11.4. The van der Waals surface area contributed by atoms with Crippen molar-refractivity contribution in [2.45, 2.75) is 83.5 Å². The van der Waals surface area contributed by atoms with Gasteiger partial charge in [0.1, 0.15) is 0 Å². The first-order valence-electron chi connectivity index (χ1n) is 7.04. The van der Waals surface area contributed by atoms with Gasteiger partial charge in [-0.3, -0.25) is 4.90 Å². The third kappa shape index (κ3) is 2.43. The Morgan fingerprint density at radius 1 is 1.12 bits per heavy atom. The molecule has 2 aliphatic rings. The van der Waals surface area contributed by atoms with Crippen LogP contribution in [0.5, 0.6) is 0 Å². The number of piperidine rings is 1. The largest absolute Gasteiger partial charge is 0.314 e. The van der Waals surface area contributed by atoms with Crippen molar-refractivity contribution in [3.05, 3.63) is 0 Å². The maximum Gasteiger partial charge on any atom is 0.0130 e. The van der Waals surface area contributed by atoms with Crippen molar-refractivity contribution in [2.24, 2.45) is 0 Å². The zero-order chi connectivity index (χ0) is 11.8. The number of nitrogens with one attached hydrogen (secondary N) is 1. The van der Waals surface area contributed by atoms with Gasteiger partial charge in [-0.2, -0.15) is 0 Å². The van der Waals surface area contributed by atoms with E-state index in [2.05, 4.69) is 37.9 Å². The first kappa shape index (κ1) is 12.4. The summed E-state index contributed by atoms with van der Waals surface area (Å²) < 4.78 is 0. The number of hydrogen-bond donors (Lipinski definition) is 1. The van der Waals surface area contributed by atoms with Crippen LogP contribution in [0.4, 0.5) is 0 Å². The summed E-state index contributed by atoms with van der Waals surface area (Å²) in [5, 5.41) is 3.72. The van der Waals surface area contributed by atoms with Crippen LogP contribution in [0.15, 0.2) is 0 Å². The van der Waals surface area contributed by atoms with Gasteiger partial charge in [0.25, 0.3) is 0 Å². The SMILES string of the molecule is CCCNC1CC2CCC(C1)N2C(C)(C)C. The summed E-state index contributed by atoms with van der Waals surface area (Å²) in [5.74, 6) is 0. The molecule has 0 aliphatic carbocycles. The van der Waals surface area contributed by atoms with Crippen molar-refractivity contribution in [1.82, 2.24) is 10.2 Å². The smallest absolute Gasteiger partial charge is 0.0130 e. The molecule has 2 bridgehead atoms. The fourth-order valence-corrected chi connectivity index (χ4v) is 3.79. The van der Waals surface area contributed by atoms with Crippen molar-refractivity contribution in [1.29, 1.82) is 0 Å². The van der Waals surface area contributed by atoms with Gasteiger partial charge in [0.2, 0.25) is 0 Å². The molecule has 2 aliphatic heterocycles. The molecule has 0 aromatic heterocycles. The Morgan fingerprint density at radius 3 is 2.12 bits per heavy atom. The lowest BCUT2D eigenvalue weighted by Gasteiger charge is -2.47. The van der Waals surface area contributed by atoms with Gasteiger partial charge < -0.3 is 5.32 Å². The van der Waals surface area contributed by atoms with Crippen molar-refractivity contribution in [3.63, 3.8) is 0 Å². The van der Waals surface area contributed by atoms with Gasteiger partial charge in [-0.15, -0.1) is 0 Å². The molecular weight excluding hydrogens is 196 g/mol. The topological polar surface area (TPSA) is 15.3 Å². The molecule has 2 heterocycles. The molecule has 2 unspecified atom stereocenters. The maximum absolute atomic E-state index is 3.72. The Bertz CT molecular complexity index is 217. The van der Waals surface area contributed by atoms with Crippen LogP contribution in [0.3, 0.4) is 0 Å². The van der Waals surface area contributed by atoms with Crippen LogP contribution in [0.2, 0.25) is 0 Å². The highest BCUT2D eigenvalue weighted by Gasteiger charge is 2.44. The molecule has 2 saturated heterocycles. The monoisotopic (exact) mass is 224 g/mol. The van der Waals surface area contributed by atoms with E-state index < -0.39 is 0 Å². The van der Waals surface area contributed by atoms with Crippen molar-refractivity contribution in [3.8, 4) is 0 Å². The van der Waals surface area contributed by atoms with E-state index in [1.54, 1.807) is 0 Å². The Morgan fingerprint density at radius 2 is 1.69 bits per heavy atom. The average molecular weight is 224 g/mol. The molecular formula is C14H28N2. The quantitative estimate of drug-likeness (QED) is 0.793. The van der Waals surface area contributed by atoms with Crippen molar-refractivity contribution in [2.75, 3.05) is 6.54 Å². The fourth-order valence-electron chi connectivity index (χ4n) is 3.79. The molecule has 0 aromatic rings. The van der Waals surface area contributed by atoms with E-state index in [4.69, 9.17) is 0 Å². The summed E-state index contributed by atoms with van der Waals surface area (Å²) in [6.45, 7) is 10.6. The number of fused-ring (bicyclic) bond motifs is 2. The number of hydrogen-bond acceptors (Lipinski definition) is 2. The summed E-state index contributed by atoms with van der Waals surface area (Å²) in [5.41, 5.74) is 0.363. The molecule has 0 radical (unpaired) electrons. The lowest BCUT2D eigenvalue weighted by molar-refractivity contribution is 0.0313. The number of rotatable bonds is 3. The molecule has 1 N–H and O–H groups in total. The van der Waals surface area contributed by atoms with Crippen LogP contribution < -0.4 is 5.32 Å². The standard InChI is InChI=1S/C14H28N2/c1-5-8-15-11-9-12-6-7-13(10-11)16(12)14(2,3)4/h11-13,15H,5-10H2,1-4H3. The van der Waals surface area contributed by atoms with Crippen LogP contribution in [0.1, 0.15) is 59.8 Å². The Kier molecular flexibility index (Phi) is 3.60. The van der Waals surface area contributed by atoms with Gasteiger partial charge in [0.05, 0.1) is 0 Å². The molecule has 2 fully saturated rings. The molecule has 0 aromatic carbocycles. The maximum atomic E-state index is 3.72. The van der Waals surface area contributed by atoms with Crippen LogP contribution in [0, 0.1) is 0 Å². The highest BCUT2D eigenvalue weighted by molar-refractivity contribution is 5.01. The summed E-state index contributed by atoms with van der Waals surface area (Å²) in [7, 11) is 0. The molecule has 2 nitrogen and oxygen atoms in total. The average Bonchev–Trinajstić information content (AvgIpc) is 2.48. The molecule has 0 saturated carbocycles. The van der Waals surface area contributed by atoms with E-state index in [0.29, 0.717) is 5.54 Å². The van der Waals surface area contributed by atoms with Crippen molar-refractivity contribution >= 4 is 0 Å². The summed E-state index contributed by atoms with van der Waals surface area (Å²) in [6, 6.07) is 2.47.